The highest BCUT2D eigenvalue weighted by atomic mass is 16.5. The van der Waals surface area contributed by atoms with Gasteiger partial charge in [-0.3, -0.25) is 9.59 Å². The molecule has 4 fully saturated rings. The second-order valence-corrected chi connectivity index (χ2v) is 8.58. The van der Waals surface area contributed by atoms with Crippen molar-refractivity contribution in [3.05, 3.63) is 0 Å². The molecule has 3 atom stereocenters. The number of rotatable bonds is 6. The van der Waals surface area contributed by atoms with E-state index in [1.165, 1.54) is 12.8 Å². The summed E-state index contributed by atoms with van der Waals surface area (Å²) in [6.07, 6.45) is 9.75. The topological polar surface area (TPSA) is 59.1 Å². The fourth-order valence-electron chi connectivity index (χ4n) is 5.05. The Morgan fingerprint density at radius 2 is 1.54 bits per heavy atom. The predicted octanol–water partition coefficient (Wildman–Crippen LogP) is 1.96. The zero-order chi connectivity index (χ0) is 18.1. The third kappa shape index (κ3) is 4.06. The van der Waals surface area contributed by atoms with Crippen LogP contribution in [-0.4, -0.2) is 72.7 Å². The number of fused-ring (bicyclic) bond motifs is 2. The smallest absolute Gasteiger partial charge is 0.249 e. The number of ether oxygens (including phenoxy) is 2. The number of hydrogen-bond acceptors (Lipinski definition) is 4. The molecule has 0 aromatic carbocycles. The Balaban J connectivity index is 1.22. The van der Waals surface area contributed by atoms with Gasteiger partial charge in [-0.2, -0.15) is 0 Å². The molecule has 26 heavy (non-hydrogen) atoms. The van der Waals surface area contributed by atoms with Crippen LogP contribution in [0.5, 0.6) is 0 Å². The first-order valence-corrected chi connectivity index (χ1v) is 10.4. The Labute approximate surface area is 156 Å². The zero-order valence-corrected chi connectivity index (χ0v) is 15.9. The van der Waals surface area contributed by atoms with E-state index in [-0.39, 0.29) is 24.7 Å². The van der Waals surface area contributed by atoms with Gasteiger partial charge >= 0.3 is 0 Å². The van der Waals surface area contributed by atoms with Gasteiger partial charge in [-0.15, -0.1) is 0 Å². The molecule has 4 aliphatic rings. The molecule has 3 heterocycles. The molecule has 1 aliphatic carbocycles. The number of likely N-dealkylation sites (tertiary alicyclic amines) is 1. The molecule has 0 N–H and O–H groups in total. The maximum absolute atomic E-state index is 12.3. The standard InChI is InChI=1S/C20H32N2O4/c1-25-13-20(24)22-15-4-5-16(22)12-18(11-15)26-17-6-8-21(9-7-17)19(23)10-14-2-3-14/h14-18H,2-13H2,1H3/t15-,16+,18?. The lowest BCUT2D eigenvalue weighted by Gasteiger charge is -2.41. The van der Waals surface area contributed by atoms with Gasteiger partial charge in [0.15, 0.2) is 0 Å². The van der Waals surface area contributed by atoms with Gasteiger partial charge in [0.25, 0.3) is 0 Å². The van der Waals surface area contributed by atoms with Crippen molar-refractivity contribution >= 4 is 11.8 Å². The third-order valence-corrected chi connectivity index (χ3v) is 6.59. The summed E-state index contributed by atoms with van der Waals surface area (Å²) in [6, 6.07) is 0.642. The fourth-order valence-corrected chi connectivity index (χ4v) is 5.05. The van der Waals surface area contributed by atoms with Gasteiger partial charge in [0.1, 0.15) is 6.61 Å². The number of hydrogen-bond donors (Lipinski definition) is 0. The van der Waals surface area contributed by atoms with Gasteiger partial charge in [0.05, 0.1) is 12.2 Å². The van der Waals surface area contributed by atoms with Crippen molar-refractivity contribution in [2.75, 3.05) is 26.8 Å². The summed E-state index contributed by atoms with van der Waals surface area (Å²) >= 11 is 0. The molecule has 0 spiro atoms. The average Bonchev–Trinajstić information content (AvgIpc) is 3.39. The summed E-state index contributed by atoms with van der Waals surface area (Å²) in [6.45, 7) is 1.87. The molecule has 2 bridgehead atoms. The minimum Gasteiger partial charge on any atom is -0.375 e. The summed E-state index contributed by atoms with van der Waals surface area (Å²) in [5.41, 5.74) is 0. The predicted molar refractivity (Wildman–Crippen MR) is 96.6 cm³/mol. The molecule has 1 unspecified atom stereocenters. The molecule has 4 rings (SSSR count). The number of nitrogens with zero attached hydrogens (tertiary/aromatic N) is 2. The number of piperidine rings is 2. The molecule has 6 heteroatoms. The average molecular weight is 364 g/mol. The van der Waals surface area contributed by atoms with Crippen molar-refractivity contribution in [2.24, 2.45) is 5.92 Å². The number of carbonyl (C=O) groups excluding carboxylic acids is 2. The summed E-state index contributed by atoms with van der Waals surface area (Å²) < 4.78 is 11.4. The molecule has 146 valence electrons. The molecular weight excluding hydrogens is 332 g/mol. The summed E-state index contributed by atoms with van der Waals surface area (Å²) in [5.74, 6) is 1.13. The largest absolute Gasteiger partial charge is 0.375 e. The lowest BCUT2D eigenvalue weighted by molar-refractivity contribution is -0.145. The van der Waals surface area contributed by atoms with E-state index in [4.69, 9.17) is 9.47 Å². The first kappa shape index (κ1) is 18.2. The highest BCUT2D eigenvalue weighted by molar-refractivity contribution is 5.78. The van der Waals surface area contributed by atoms with Crippen molar-refractivity contribution in [1.82, 2.24) is 9.80 Å². The van der Waals surface area contributed by atoms with E-state index < -0.39 is 0 Å². The van der Waals surface area contributed by atoms with Crippen molar-refractivity contribution in [2.45, 2.75) is 82.1 Å². The maximum atomic E-state index is 12.3. The summed E-state index contributed by atoms with van der Waals surface area (Å²) in [5, 5.41) is 0. The normalized spacial score (nSPS) is 32.1. The van der Waals surface area contributed by atoms with Crippen LogP contribution in [0.1, 0.15) is 57.8 Å². The van der Waals surface area contributed by atoms with Crippen LogP contribution < -0.4 is 0 Å². The van der Waals surface area contributed by atoms with Crippen LogP contribution in [-0.2, 0) is 19.1 Å². The van der Waals surface area contributed by atoms with Crippen LogP contribution >= 0.6 is 0 Å². The van der Waals surface area contributed by atoms with Crippen LogP contribution in [0.3, 0.4) is 0 Å². The highest BCUT2D eigenvalue weighted by Gasteiger charge is 2.44. The van der Waals surface area contributed by atoms with Crippen LogP contribution in [0.2, 0.25) is 0 Å². The van der Waals surface area contributed by atoms with Crippen LogP contribution in [0.4, 0.5) is 0 Å². The second-order valence-electron chi connectivity index (χ2n) is 8.58. The van der Waals surface area contributed by atoms with E-state index in [2.05, 4.69) is 4.90 Å². The lowest BCUT2D eigenvalue weighted by Crippen LogP contribution is -2.51. The first-order chi connectivity index (χ1) is 12.6. The van der Waals surface area contributed by atoms with E-state index in [0.717, 1.165) is 58.0 Å². The third-order valence-electron chi connectivity index (χ3n) is 6.59. The molecule has 0 aromatic rings. The van der Waals surface area contributed by atoms with Gasteiger partial charge in [0.2, 0.25) is 11.8 Å². The molecule has 0 radical (unpaired) electrons. The zero-order valence-electron chi connectivity index (χ0n) is 15.9. The van der Waals surface area contributed by atoms with Crippen LogP contribution in [0.15, 0.2) is 0 Å². The molecule has 2 amide bonds. The van der Waals surface area contributed by atoms with Gasteiger partial charge in [-0.25, -0.2) is 0 Å². The highest BCUT2D eigenvalue weighted by Crippen LogP contribution is 2.38. The summed E-state index contributed by atoms with van der Waals surface area (Å²) in [7, 11) is 1.58. The minimum absolute atomic E-state index is 0.126. The molecule has 3 saturated heterocycles. The van der Waals surface area contributed by atoms with Gasteiger partial charge in [-0.1, -0.05) is 0 Å². The minimum atomic E-state index is 0.126. The van der Waals surface area contributed by atoms with Crippen molar-refractivity contribution in [1.29, 1.82) is 0 Å². The number of methoxy groups -OCH3 is 1. The first-order valence-electron chi connectivity index (χ1n) is 10.4. The van der Waals surface area contributed by atoms with Crippen molar-refractivity contribution in [3.63, 3.8) is 0 Å². The number of carbonyl (C=O) groups is 2. The van der Waals surface area contributed by atoms with Gasteiger partial charge < -0.3 is 19.3 Å². The fraction of sp³-hybridized carbons (Fsp3) is 0.900. The maximum Gasteiger partial charge on any atom is 0.249 e. The van der Waals surface area contributed by atoms with Crippen LogP contribution in [0.25, 0.3) is 0 Å². The van der Waals surface area contributed by atoms with Crippen LogP contribution in [0, 0.1) is 5.92 Å². The Morgan fingerprint density at radius 1 is 0.885 bits per heavy atom. The van der Waals surface area contributed by atoms with E-state index in [1.807, 2.05) is 4.90 Å². The molecule has 3 aliphatic heterocycles. The summed E-state index contributed by atoms with van der Waals surface area (Å²) in [4.78, 5) is 28.6. The molecule has 0 aromatic heterocycles. The van der Waals surface area contributed by atoms with E-state index in [9.17, 15) is 9.59 Å². The van der Waals surface area contributed by atoms with E-state index >= 15 is 0 Å². The number of amides is 2. The van der Waals surface area contributed by atoms with Gasteiger partial charge in [-0.05, 0) is 57.3 Å². The SMILES string of the molecule is COCC(=O)N1[C@@H]2CC[C@H]1CC(OC1CCN(C(=O)CC3CC3)CC1)C2. The van der Waals surface area contributed by atoms with Gasteiger partial charge in [0, 0.05) is 38.7 Å². The van der Waals surface area contributed by atoms with Crippen molar-refractivity contribution in [3.8, 4) is 0 Å². The lowest BCUT2D eigenvalue weighted by atomic mass is 9.98. The Kier molecular flexibility index (Phi) is 5.50. The molecular formula is C20H32N2O4. The monoisotopic (exact) mass is 364 g/mol. The molecule has 1 saturated carbocycles. The van der Waals surface area contributed by atoms with Crippen molar-refractivity contribution < 1.29 is 19.1 Å². The van der Waals surface area contributed by atoms with E-state index in [1.54, 1.807) is 7.11 Å². The quantitative estimate of drug-likeness (QED) is 0.723. The Hall–Kier alpha value is -1.14. The Morgan fingerprint density at radius 3 is 2.12 bits per heavy atom. The molecule has 6 nitrogen and oxygen atoms in total. The second kappa shape index (κ2) is 7.85. The Bertz CT molecular complexity index is 514. The van der Waals surface area contributed by atoms with E-state index in [0.29, 0.717) is 23.9 Å².